The van der Waals surface area contributed by atoms with Gasteiger partial charge in [-0.25, -0.2) is 17.6 Å². The summed E-state index contributed by atoms with van der Waals surface area (Å²) in [5, 5.41) is 2.33. The summed E-state index contributed by atoms with van der Waals surface area (Å²) >= 11 is 1.67. The van der Waals surface area contributed by atoms with Crippen LogP contribution in [0.1, 0.15) is 52.7 Å². The predicted molar refractivity (Wildman–Crippen MR) is 310 cm³/mol. The van der Waals surface area contributed by atoms with Crippen LogP contribution in [0.3, 0.4) is 0 Å². The second kappa shape index (κ2) is 17.8. The van der Waals surface area contributed by atoms with E-state index in [0.29, 0.717) is 22.3 Å². The summed E-state index contributed by atoms with van der Waals surface area (Å²) in [7, 11) is 0. The number of para-hydroxylation sites is 1. The Morgan fingerprint density at radius 2 is 0.895 bits per heavy atom. The van der Waals surface area contributed by atoms with E-state index in [4.69, 9.17) is 0 Å². The van der Waals surface area contributed by atoms with Gasteiger partial charge in [-0.2, -0.15) is 0 Å². The predicted octanol–water partition coefficient (Wildman–Crippen LogP) is 17.4. The van der Waals surface area contributed by atoms with E-state index in [1.165, 1.54) is 35.4 Å². The van der Waals surface area contributed by atoms with E-state index in [0.717, 1.165) is 105 Å². The van der Waals surface area contributed by atoms with Crippen LogP contribution in [0.4, 0.5) is 34.6 Å². The summed E-state index contributed by atoms with van der Waals surface area (Å²) < 4.78 is 62.7. The van der Waals surface area contributed by atoms with Crippen LogP contribution in [-0.4, -0.2) is 11.3 Å². The van der Waals surface area contributed by atoms with Gasteiger partial charge in [0.15, 0.2) is 0 Å². The van der Waals surface area contributed by atoms with Crippen molar-refractivity contribution in [1.82, 2.24) is 4.57 Å². The van der Waals surface area contributed by atoms with E-state index >= 15 is 8.78 Å². The molecule has 8 heteroatoms. The topological polar surface area (TPSA) is 8.17 Å². The Morgan fingerprint density at radius 3 is 1.41 bits per heavy atom. The molecule has 0 unspecified atom stereocenters. The van der Waals surface area contributed by atoms with Gasteiger partial charge < -0.3 is 9.47 Å². The number of hydrogen-bond donors (Lipinski definition) is 0. The number of fused-ring (bicyclic) bond motifs is 7. The van der Waals surface area contributed by atoms with Crippen molar-refractivity contribution in [3.63, 3.8) is 0 Å². The van der Waals surface area contributed by atoms with E-state index in [9.17, 15) is 8.78 Å². The maximum absolute atomic E-state index is 15.3. The highest BCUT2D eigenvalue weighted by Gasteiger charge is 2.43. The van der Waals surface area contributed by atoms with Gasteiger partial charge in [0.2, 0.25) is 6.71 Å². The first-order valence-corrected chi connectivity index (χ1v) is 26.6. The Labute approximate surface area is 445 Å². The zero-order valence-electron chi connectivity index (χ0n) is 42.9. The highest BCUT2D eigenvalue weighted by molar-refractivity contribution is 8.00. The fraction of sp³-hybridized carbons (Fsp3) is 0.118. The van der Waals surface area contributed by atoms with Crippen LogP contribution in [0.2, 0.25) is 0 Å². The highest BCUT2D eigenvalue weighted by Crippen LogP contribution is 2.51. The number of benzene rings is 10. The van der Waals surface area contributed by atoms with Gasteiger partial charge in [0, 0.05) is 60.9 Å². The number of nitrogens with zero attached hydrogens (tertiary/aromatic N) is 2. The summed E-state index contributed by atoms with van der Waals surface area (Å²) in [4.78, 5) is 4.39. The molecule has 0 radical (unpaired) electrons. The summed E-state index contributed by atoms with van der Waals surface area (Å²) in [6.07, 6.45) is 0. The summed E-state index contributed by atoms with van der Waals surface area (Å²) in [5.74, 6) is -2.60. The maximum Gasteiger partial charge on any atom is 0.249 e. The summed E-state index contributed by atoms with van der Waals surface area (Å²) in [5.41, 5.74) is 17.6. The monoisotopic (exact) mass is 1010 g/mol. The minimum absolute atomic E-state index is 0.0952. The van der Waals surface area contributed by atoms with Crippen molar-refractivity contribution >= 4 is 73.7 Å². The Kier molecular flexibility index (Phi) is 11.1. The van der Waals surface area contributed by atoms with Gasteiger partial charge in [-0.05, 0) is 139 Å². The lowest BCUT2D eigenvalue weighted by molar-refractivity contribution is 0.583. The van der Waals surface area contributed by atoms with Gasteiger partial charge >= 0.3 is 0 Å². The number of rotatable bonds is 6. The molecule has 0 bridgehead atoms. The first-order chi connectivity index (χ1) is 36.6. The third-order valence-corrected chi connectivity index (χ3v) is 16.5. The van der Waals surface area contributed by atoms with Crippen molar-refractivity contribution in [2.45, 2.75) is 62.2 Å². The minimum Gasteiger partial charge on any atom is -0.310 e. The van der Waals surface area contributed by atoms with Gasteiger partial charge in [0.25, 0.3) is 0 Å². The third kappa shape index (κ3) is 8.04. The molecule has 3 heterocycles. The van der Waals surface area contributed by atoms with E-state index < -0.39 is 23.3 Å². The van der Waals surface area contributed by atoms with Crippen molar-refractivity contribution in [2.24, 2.45) is 0 Å². The molecule has 13 rings (SSSR count). The smallest absolute Gasteiger partial charge is 0.249 e. The Bertz CT molecular complexity index is 4000. The molecule has 10 aromatic carbocycles. The fourth-order valence-electron chi connectivity index (χ4n) is 11.6. The molecule has 2 aliphatic rings. The quantitative estimate of drug-likeness (QED) is 0.121. The van der Waals surface area contributed by atoms with E-state index in [2.05, 4.69) is 191 Å². The molecule has 2 aliphatic heterocycles. The third-order valence-electron chi connectivity index (χ3n) is 15.3. The standard InChI is InChI=1S/C68H51BF4N2S/c1-67(2,3)46-22-26-59-55(34-46)56-35-47(68(4,5)6)23-27-60(56)74(59)52-38-62-65-64(39-52)76-63-33-43(45-30-50(72)37-51(73)31-45)21-25-58(63)69(65)57-24-20-42(44-28-48(70)36-49(71)29-44)32-61(57)75(62)66-53(40-14-9-7-10-15-40)18-13-19-54(66)41-16-11-8-12-17-41/h7-39H,1-6H3. The molecule has 2 nitrogen and oxygen atoms in total. The Hall–Kier alpha value is -8.07. The Balaban J connectivity index is 1.17. The first kappa shape index (κ1) is 47.6. The molecule has 370 valence electrons. The molecule has 0 amide bonds. The van der Waals surface area contributed by atoms with Crippen molar-refractivity contribution in [2.75, 3.05) is 4.90 Å². The highest BCUT2D eigenvalue weighted by atomic mass is 32.2. The van der Waals surface area contributed by atoms with Gasteiger partial charge in [0.05, 0.1) is 16.7 Å². The normalized spacial score (nSPS) is 13.0. The average Bonchev–Trinajstić information content (AvgIpc) is 3.85. The van der Waals surface area contributed by atoms with E-state index in [-0.39, 0.29) is 17.5 Å². The van der Waals surface area contributed by atoms with Crippen molar-refractivity contribution < 1.29 is 17.6 Å². The van der Waals surface area contributed by atoms with E-state index in [1.54, 1.807) is 11.8 Å². The lowest BCUT2D eigenvalue weighted by atomic mass is 9.34. The second-order valence-corrected chi connectivity index (χ2v) is 23.4. The molecular weight excluding hydrogens is 964 g/mol. The molecule has 0 spiro atoms. The average molecular weight is 1020 g/mol. The molecule has 1 aromatic heterocycles. The van der Waals surface area contributed by atoms with Crippen LogP contribution >= 0.6 is 11.8 Å². The van der Waals surface area contributed by atoms with Crippen molar-refractivity contribution in [1.29, 1.82) is 0 Å². The SMILES string of the molecule is CC(C)(C)c1ccc2c(c1)c1cc(C(C)(C)C)ccc1n2-c1cc2c3c(c1)N(c1c(-c4ccccc4)cccc1-c1ccccc1)c1cc(-c4cc(F)cc(F)c4)ccc1B3c1ccc(-c3cc(F)cc(F)c3)cc1S2. The summed E-state index contributed by atoms with van der Waals surface area (Å²) in [6.45, 7) is 13.2. The maximum atomic E-state index is 15.3. The molecule has 11 aromatic rings. The van der Waals surface area contributed by atoms with Crippen LogP contribution in [-0.2, 0) is 10.8 Å². The van der Waals surface area contributed by atoms with Gasteiger partial charge in [-0.15, -0.1) is 0 Å². The van der Waals surface area contributed by atoms with Gasteiger partial charge in [0.1, 0.15) is 23.3 Å². The van der Waals surface area contributed by atoms with Crippen LogP contribution in [0.5, 0.6) is 0 Å². The van der Waals surface area contributed by atoms with Gasteiger partial charge in [-0.1, -0.05) is 174 Å². The van der Waals surface area contributed by atoms with Crippen molar-refractivity contribution in [3.05, 3.63) is 235 Å². The van der Waals surface area contributed by atoms with Crippen molar-refractivity contribution in [3.8, 4) is 50.2 Å². The molecule has 0 saturated heterocycles. The summed E-state index contributed by atoms with van der Waals surface area (Å²) in [6, 6.07) is 65.4. The lowest BCUT2D eigenvalue weighted by Crippen LogP contribution is -2.60. The van der Waals surface area contributed by atoms with Crippen LogP contribution in [0, 0.1) is 23.3 Å². The Morgan fingerprint density at radius 1 is 0.395 bits per heavy atom. The largest absolute Gasteiger partial charge is 0.310 e. The fourth-order valence-corrected chi connectivity index (χ4v) is 12.9. The molecular formula is C68H51BF4N2S. The van der Waals surface area contributed by atoms with E-state index in [1.807, 2.05) is 24.3 Å². The zero-order chi connectivity index (χ0) is 52.4. The second-order valence-electron chi connectivity index (χ2n) is 22.3. The van der Waals surface area contributed by atoms with Crippen LogP contribution in [0.15, 0.2) is 210 Å². The van der Waals surface area contributed by atoms with Gasteiger partial charge in [-0.3, -0.25) is 0 Å². The van der Waals surface area contributed by atoms with Crippen LogP contribution < -0.4 is 21.3 Å². The minimum atomic E-state index is -0.660. The number of anilines is 3. The number of hydrogen-bond acceptors (Lipinski definition) is 2. The molecule has 0 aliphatic carbocycles. The molecule has 0 N–H and O–H groups in total. The first-order valence-electron chi connectivity index (χ1n) is 25.8. The molecule has 0 fully saturated rings. The lowest BCUT2D eigenvalue weighted by Gasteiger charge is -2.42. The molecule has 76 heavy (non-hydrogen) atoms. The molecule has 0 saturated carbocycles. The zero-order valence-corrected chi connectivity index (χ0v) is 43.8. The molecule has 0 atom stereocenters. The number of halogens is 4. The van der Waals surface area contributed by atoms with Crippen LogP contribution in [0.25, 0.3) is 72.0 Å². The number of aromatic nitrogens is 1.